The summed E-state index contributed by atoms with van der Waals surface area (Å²) in [6, 6.07) is 13.9. The SMILES string of the molecule is COC(=O)c1ccc2c(=O)oc(C(C)(C)O)c(-c3ccccc3)c2c1. The maximum Gasteiger partial charge on any atom is 0.343 e. The number of esters is 1. The fourth-order valence-corrected chi connectivity index (χ4v) is 2.82. The number of carbonyl (C=O) groups excluding carboxylic acids is 1. The lowest BCUT2D eigenvalue weighted by atomic mass is 9.91. The van der Waals surface area contributed by atoms with Crippen molar-refractivity contribution in [3.8, 4) is 11.1 Å². The van der Waals surface area contributed by atoms with Gasteiger partial charge in [-0.2, -0.15) is 0 Å². The molecule has 0 spiro atoms. The van der Waals surface area contributed by atoms with Gasteiger partial charge >= 0.3 is 11.6 Å². The van der Waals surface area contributed by atoms with E-state index in [4.69, 9.17) is 9.15 Å². The molecule has 1 aromatic heterocycles. The van der Waals surface area contributed by atoms with Crippen LogP contribution in [0.5, 0.6) is 0 Å². The number of ether oxygens (including phenoxy) is 1. The second-order valence-electron chi connectivity index (χ2n) is 6.27. The van der Waals surface area contributed by atoms with Crippen molar-refractivity contribution in [2.45, 2.75) is 19.4 Å². The van der Waals surface area contributed by atoms with Crippen LogP contribution < -0.4 is 5.63 Å². The summed E-state index contributed by atoms with van der Waals surface area (Å²) < 4.78 is 10.2. The molecule has 0 amide bonds. The lowest BCUT2D eigenvalue weighted by Gasteiger charge is -2.21. The van der Waals surface area contributed by atoms with Crippen molar-refractivity contribution in [3.63, 3.8) is 0 Å². The molecule has 128 valence electrons. The summed E-state index contributed by atoms with van der Waals surface area (Å²) in [5.41, 5.74) is -0.272. The van der Waals surface area contributed by atoms with Gasteiger partial charge in [0.15, 0.2) is 0 Å². The zero-order chi connectivity index (χ0) is 18.2. The Morgan fingerprint density at radius 1 is 1.08 bits per heavy atom. The van der Waals surface area contributed by atoms with E-state index < -0.39 is 17.2 Å². The number of methoxy groups -OCH3 is 1. The number of aliphatic hydroxyl groups is 1. The Labute approximate surface area is 144 Å². The van der Waals surface area contributed by atoms with Crippen LogP contribution in [0.15, 0.2) is 57.7 Å². The van der Waals surface area contributed by atoms with Crippen molar-refractivity contribution in [1.29, 1.82) is 0 Å². The highest BCUT2D eigenvalue weighted by molar-refractivity contribution is 6.01. The Bertz CT molecular complexity index is 994. The monoisotopic (exact) mass is 338 g/mol. The molecule has 0 aliphatic heterocycles. The van der Waals surface area contributed by atoms with Gasteiger partial charge in [0, 0.05) is 10.9 Å². The van der Waals surface area contributed by atoms with Gasteiger partial charge in [-0.05, 0) is 37.6 Å². The molecule has 2 aromatic carbocycles. The summed E-state index contributed by atoms with van der Waals surface area (Å²) >= 11 is 0. The van der Waals surface area contributed by atoms with E-state index in [0.29, 0.717) is 21.9 Å². The summed E-state index contributed by atoms with van der Waals surface area (Å²) in [5, 5.41) is 11.4. The van der Waals surface area contributed by atoms with E-state index in [1.807, 2.05) is 30.3 Å². The molecule has 0 atom stereocenters. The third-order valence-corrected chi connectivity index (χ3v) is 3.97. The van der Waals surface area contributed by atoms with E-state index in [0.717, 1.165) is 5.56 Å². The van der Waals surface area contributed by atoms with Crippen LogP contribution in [-0.4, -0.2) is 18.2 Å². The number of rotatable bonds is 3. The minimum atomic E-state index is -1.38. The van der Waals surface area contributed by atoms with Crippen molar-refractivity contribution in [3.05, 3.63) is 70.3 Å². The largest absolute Gasteiger partial charge is 0.465 e. The molecule has 0 aliphatic rings. The van der Waals surface area contributed by atoms with Crippen molar-refractivity contribution in [1.82, 2.24) is 0 Å². The van der Waals surface area contributed by atoms with Crippen LogP contribution in [0.2, 0.25) is 0 Å². The van der Waals surface area contributed by atoms with E-state index in [1.165, 1.54) is 19.2 Å². The summed E-state index contributed by atoms with van der Waals surface area (Å²) in [5.74, 6) is -0.350. The molecule has 0 saturated carbocycles. The number of fused-ring (bicyclic) bond motifs is 1. The third-order valence-electron chi connectivity index (χ3n) is 3.97. The smallest absolute Gasteiger partial charge is 0.343 e. The summed E-state index contributed by atoms with van der Waals surface area (Å²) in [6.45, 7) is 3.10. The van der Waals surface area contributed by atoms with E-state index in [1.54, 1.807) is 19.9 Å². The zero-order valence-corrected chi connectivity index (χ0v) is 14.2. The Morgan fingerprint density at radius 3 is 2.36 bits per heavy atom. The van der Waals surface area contributed by atoms with E-state index >= 15 is 0 Å². The average Bonchev–Trinajstić information content (AvgIpc) is 2.60. The quantitative estimate of drug-likeness (QED) is 0.740. The molecular weight excluding hydrogens is 320 g/mol. The van der Waals surface area contributed by atoms with Gasteiger partial charge in [-0.25, -0.2) is 9.59 Å². The zero-order valence-electron chi connectivity index (χ0n) is 14.2. The standard InChI is InChI=1S/C20H18O5/c1-20(2,23)17-16(12-7-5-4-6-8-12)15-11-13(18(21)24-3)9-10-14(15)19(22)25-17/h4-11,23H,1-3H3. The van der Waals surface area contributed by atoms with E-state index in [2.05, 4.69) is 0 Å². The molecule has 3 aromatic rings. The third kappa shape index (κ3) is 3.06. The molecule has 0 bridgehead atoms. The first kappa shape index (κ1) is 16.9. The fourth-order valence-electron chi connectivity index (χ4n) is 2.82. The molecule has 5 heteroatoms. The van der Waals surface area contributed by atoms with E-state index in [9.17, 15) is 14.7 Å². The minimum Gasteiger partial charge on any atom is -0.465 e. The van der Waals surface area contributed by atoms with Gasteiger partial charge in [0.25, 0.3) is 0 Å². The molecule has 0 saturated heterocycles. The average molecular weight is 338 g/mol. The highest BCUT2D eigenvalue weighted by Gasteiger charge is 2.27. The molecule has 0 fully saturated rings. The molecule has 0 aliphatic carbocycles. The predicted molar refractivity (Wildman–Crippen MR) is 94.5 cm³/mol. The van der Waals surface area contributed by atoms with Gasteiger partial charge in [-0.15, -0.1) is 0 Å². The topological polar surface area (TPSA) is 76.7 Å². The van der Waals surface area contributed by atoms with Gasteiger partial charge < -0.3 is 14.3 Å². The first-order valence-corrected chi connectivity index (χ1v) is 7.80. The van der Waals surface area contributed by atoms with Crippen molar-refractivity contribution in [2.75, 3.05) is 7.11 Å². The minimum absolute atomic E-state index is 0.151. The van der Waals surface area contributed by atoms with Crippen LogP contribution in [0.1, 0.15) is 30.0 Å². The fraction of sp³-hybridized carbons (Fsp3) is 0.200. The van der Waals surface area contributed by atoms with Crippen molar-refractivity contribution in [2.24, 2.45) is 0 Å². The van der Waals surface area contributed by atoms with Crippen LogP contribution in [0.4, 0.5) is 0 Å². The predicted octanol–water partition coefficient (Wildman–Crippen LogP) is 3.47. The maximum atomic E-state index is 12.4. The summed E-state index contributed by atoms with van der Waals surface area (Å²) in [4.78, 5) is 24.3. The highest BCUT2D eigenvalue weighted by Crippen LogP contribution is 2.36. The molecule has 3 rings (SSSR count). The van der Waals surface area contributed by atoms with Crippen molar-refractivity contribution >= 4 is 16.7 Å². The van der Waals surface area contributed by atoms with Crippen LogP contribution in [-0.2, 0) is 10.3 Å². The number of benzene rings is 2. The number of hydrogen-bond acceptors (Lipinski definition) is 5. The second kappa shape index (κ2) is 6.18. The molecule has 5 nitrogen and oxygen atoms in total. The Hall–Kier alpha value is -2.92. The first-order valence-electron chi connectivity index (χ1n) is 7.80. The molecular formula is C20H18O5. The second-order valence-corrected chi connectivity index (χ2v) is 6.27. The van der Waals surface area contributed by atoms with Crippen LogP contribution in [0, 0.1) is 0 Å². The summed E-state index contributed by atoms with van der Waals surface area (Å²) in [7, 11) is 1.30. The Balaban J connectivity index is 2.48. The molecule has 0 radical (unpaired) electrons. The first-order chi connectivity index (χ1) is 11.8. The van der Waals surface area contributed by atoms with Gasteiger partial charge in [0.2, 0.25) is 0 Å². The highest BCUT2D eigenvalue weighted by atomic mass is 16.5. The normalized spacial score (nSPS) is 11.5. The van der Waals surface area contributed by atoms with Gasteiger partial charge in [-0.3, -0.25) is 0 Å². The van der Waals surface area contributed by atoms with Gasteiger partial charge in [0.05, 0.1) is 18.1 Å². The Kier molecular flexibility index (Phi) is 4.18. The number of carbonyl (C=O) groups is 1. The molecule has 0 unspecified atom stereocenters. The summed E-state index contributed by atoms with van der Waals surface area (Å²) in [6.07, 6.45) is 0. The molecule has 1 heterocycles. The maximum absolute atomic E-state index is 12.4. The van der Waals surface area contributed by atoms with Crippen LogP contribution in [0.3, 0.4) is 0 Å². The lowest BCUT2D eigenvalue weighted by molar-refractivity contribution is 0.0521. The van der Waals surface area contributed by atoms with Gasteiger partial charge in [-0.1, -0.05) is 30.3 Å². The molecule has 25 heavy (non-hydrogen) atoms. The van der Waals surface area contributed by atoms with Crippen LogP contribution >= 0.6 is 0 Å². The Morgan fingerprint density at radius 2 is 1.76 bits per heavy atom. The van der Waals surface area contributed by atoms with Crippen LogP contribution in [0.25, 0.3) is 21.9 Å². The number of hydrogen-bond donors (Lipinski definition) is 1. The van der Waals surface area contributed by atoms with Crippen molar-refractivity contribution < 1.29 is 19.1 Å². The lowest BCUT2D eigenvalue weighted by Crippen LogP contribution is -2.20. The molecule has 1 N–H and O–H groups in total. The van der Waals surface area contributed by atoms with E-state index in [-0.39, 0.29) is 5.76 Å². The van der Waals surface area contributed by atoms with Gasteiger partial charge in [0.1, 0.15) is 11.4 Å².